The molecule has 0 aliphatic carbocycles. The van der Waals surface area contributed by atoms with Gasteiger partial charge in [-0.1, -0.05) is 13.8 Å². The molecule has 0 bridgehead atoms. The van der Waals surface area contributed by atoms with E-state index in [1.54, 1.807) is 10.9 Å². The number of aryl methyl sites for hydroxylation is 1. The molecule has 0 radical (unpaired) electrons. The summed E-state index contributed by atoms with van der Waals surface area (Å²) in [6.45, 7) is 8.98. The Morgan fingerprint density at radius 2 is 2.04 bits per heavy atom. The molecule has 2 aromatic heterocycles. The monoisotopic (exact) mass is 348 g/mol. The molecule has 0 aliphatic rings. The van der Waals surface area contributed by atoms with Gasteiger partial charge in [-0.15, -0.1) is 5.10 Å². The van der Waals surface area contributed by atoms with Gasteiger partial charge in [-0.2, -0.15) is 0 Å². The Balaban J connectivity index is 2.05. The second-order valence-electron chi connectivity index (χ2n) is 6.95. The summed E-state index contributed by atoms with van der Waals surface area (Å²) >= 11 is 0. The van der Waals surface area contributed by atoms with Gasteiger partial charge in [0.1, 0.15) is 12.4 Å². The van der Waals surface area contributed by atoms with Crippen LogP contribution < -0.4 is 5.32 Å². The zero-order valence-electron chi connectivity index (χ0n) is 15.8. The van der Waals surface area contributed by atoms with Gasteiger partial charge in [-0.05, 0) is 37.2 Å². The average molecular weight is 348 g/mol. The summed E-state index contributed by atoms with van der Waals surface area (Å²) in [5.74, 6) is 1.58. The molecular formula is C16H28N8O. The number of nitrogens with one attached hydrogen (secondary N) is 1. The lowest BCUT2D eigenvalue weighted by atomic mass is 10.0. The Morgan fingerprint density at radius 3 is 2.60 bits per heavy atom. The van der Waals surface area contributed by atoms with E-state index in [-0.39, 0.29) is 24.4 Å². The minimum atomic E-state index is -0.161. The fourth-order valence-electron chi connectivity index (χ4n) is 2.43. The molecule has 0 aliphatic heterocycles. The number of imidazole rings is 1. The molecule has 0 saturated carbocycles. The van der Waals surface area contributed by atoms with Crippen molar-refractivity contribution in [1.82, 2.24) is 40.0 Å². The summed E-state index contributed by atoms with van der Waals surface area (Å²) in [6, 6.07) is 0.207. The van der Waals surface area contributed by atoms with Gasteiger partial charge >= 0.3 is 0 Å². The van der Waals surface area contributed by atoms with Crippen molar-refractivity contribution < 1.29 is 4.79 Å². The SMILES string of the molecule is CC(C)[C@@H](NC(=O)Cn1nnnc1CN(C)C(C)C)c1nccn1C. The molecule has 1 amide bonds. The van der Waals surface area contributed by atoms with E-state index in [2.05, 4.69) is 58.4 Å². The van der Waals surface area contributed by atoms with E-state index in [9.17, 15) is 4.79 Å². The van der Waals surface area contributed by atoms with Crippen molar-refractivity contribution in [3.8, 4) is 0 Å². The number of rotatable bonds is 8. The van der Waals surface area contributed by atoms with Crippen LogP contribution in [-0.2, 0) is 24.9 Å². The van der Waals surface area contributed by atoms with E-state index in [1.165, 1.54) is 0 Å². The largest absolute Gasteiger partial charge is 0.344 e. The minimum absolute atomic E-state index is 0.0852. The molecule has 0 unspecified atom stereocenters. The van der Waals surface area contributed by atoms with Crippen molar-refractivity contribution in [3.05, 3.63) is 24.0 Å². The number of amides is 1. The molecule has 0 spiro atoms. The molecule has 0 aromatic carbocycles. The van der Waals surface area contributed by atoms with Gasteiger partial charge in [-0.3, -0.25) is 9.69 Å². The van der Waals surface area contributed by atoms with Crippen LogP contribution in [0.5, 0.6) is 0 Å². The standard InChI is InChI=1S/C16H28N8O/c1-11(2)15(16-17-7-8-22(16)5)18-14(25)10-24-13(19-20-21-24)9-23(6)12(3)4/h7-8,11-12,15H,9-10H2,1-6H3,(H,18,25)/t15-/m1/s1. The number of aromatic nitrogens is 6. The molecule has 0 saturated heterocycles. The quantitative estimate of drug-likeness (QED) is 0.757. The van der Waals surface area contributed by atoms with E-state index in [0.717, 1.165) is 5.82 Å². The normalized spacial score (nSPS) is 13.0. The van der Waals surface area contributed by atoms with Crippen molar-refractivity contribution in [2.75, 3.05) is 7.05 Å². The predicted molar refractivity (Wildman–Crippen MR) is 93.3 cm³/mol. The van der Waals surface area contributed by atoms with Crippen molar-refractivity contribution in [2.24, 2.45) is 13.0 Å². The maximum Gasteiger partial charge on any atom is 0.242 e. The molecule has 2 aromatic rings. The fraction of sp³-hybridized carbons (Fsp3) is 0.688. The molecule has 25 heavy (non-hydrogen) atoms. The lowest BCUT2D eigenvalue weighted by molar-refractivity contribution is -0.123. The first kappa shape index (κ1) is 19.0. The minimum Gasteiger partial charge on any atom is -0.344 e. The van der Waals surface area contributed by atoms with Gasteiger partial charge in [0.15, 0.2) is 5.82 Å². The van der Waals surface area contributed by atoms with Gasteiger partial charge in [-0.25, -0.2) is 9.67 Å². The van der Waals surface area contributed by atoms with Crippen LogP contribution in [-0.4, -0.2) is 53.7 Å². The summed E-state index contributed by atoms with van der Waals surface area (Å²) in [5.41, 5.74) is 0. The third-order valence-electron chi connectivity index (χ3n) is 4.29. The van der Waals surface area contributed by atoms with Crippen molar-refractivity contribution in [3.63, 3.8) is 0 Å². The Labute approximate surface area is 148 Å². The first-order chi connectivity index (χ1) is 11.8. The highest BCUT2D eigenvalue weighted by atomic mass is 16.2. The number of nitrogens with zero attached hydrogens (tertiary/aromatic N) is 7. The first-order valence-electron chi connectivity index (χ1n) is 8.51. The summed E-state index contributed by atoms with van der Waals surface area (Å²) in [6.07, 6.45) is 3.61. The van der Waals surface area contributed by atoms with E-state index in [4.69, 9.17) is 0 Å². The van der Waals surface area contributed by atoms with Crippen LogP contribution in [0.2, 0.25) is 0 Å². The Bertz CT molecular complexity index is 690. The van der Waals surface area contributed by atoms with Crippen LogP contribution >= 0.6 is 0 Å². The zero-order chi connectivity index (χ0) is 18.6. The van der Waals surface area contributed by atoms with Gasteiger partial charge in [0.05, 0.1) is 12.6 Å². The second kappa shape index (κ2) is 8.19. The number of hydrogen-bond acceptors (Lipinski definition) is 6. The fourth-order valence-corrected chi connectivity index (χ4v) is 2.43. The van der Waals surface area contributed by atoms with E-state index in [0.29, 0.717) is 18.4 Å². The molecule has 0 fully saturated rings. The highest BCUT2D eigenvalue weighted by molar-refractivity contribution is 5.76. The summed E-state index contributed by atoms with van der Waals surface area (Å²) in [7, 11) is 3.92. The Morgan fingerprint density at radius 1 is 1.32 bits per heavy atom. The van der Waals surface area contributed by atoms with Crippen LogP contribution in [0.3, 0.4) is 0 Å². The van der Waals surface area contributed by atoms with Crippen molar-refractivity contribution >= 4 is 5.91 Å². The summed E-state index contributed by atoms with van der Waals surface area (Å²) in [4.78, 5) is 19.0. The van der Waals surface area contributed by atoms with Gasteiger partial charge < -0.3 is 9.88 Å². The smallest absolute Gasteiger partial charge is 0.242 e. The average Bonchev–Trinajstić information content (AvgIpc) is 3.14. The van der Waals surface area contributed by atoms with Crippen molar-refractivity contribution in [1.29, 1.82) is 0 Å². The molecule has 1 N–H and O–H groups in total. The van der Waals surface area contributed by atoms with Gasteiger partial charge in [0.2, 0.25) is 5.91 Å². The second-order valence-corrected chi connectivity index (χ2v) is 6.95. The van der Waals surface area contributed by atoms with E-state index in [1.807, 2.05) is 24.9 Å². The van der Waals surface area contributed by atoms with Crippen LogP contribution in [0.1, 0.15) is 45.4 Å². The maximum absolute atomic E-state index is 12.5. The summed E-state index contributed by atoms with van der Waals surface area (Å²) in [5, 5.41) is 14.7. The lowest BCUT2D eigenvalue weighted by Crippen LogP contribution is -2.36. The number of carbonyl (C=O) groups is 1. The van der Waals surface area contributed by atoms with Gasteiger partial charge in [0, 0.05) is 25.5 Å². The third kappa shape index (κ3) is 4.85. The van der Waals surface area contributed by atoms with E-state index >= 15 is 0 Å². The number of carbonyl (C=O) groups excluding carboxylic acids is 1. The molecule has 138 valence electrons. The molecule has 9 nitrogen and oxygen atoms in total. The van der Waals surface area contributed by atoms with Crippen LogP contribution in [0.25, 0.3) is 0 Å². The van der Waals surface area contributed by atoms with Crippen LogP contribution in [0.15, 0.2) is 12.4 Å². The Kier molecular flexibility index (Phi) is 6.24. The van der Waals surface area contributed by atoms with E-state index < -0.39 is 0 Å². The highest BCUT2D eigenvalue weighted by Gasteiger charge is 2.23. The first-order valence-corrected chi connectivity index (χ1v) is 8.51. The molecule has 2 rings (SSSR count). The molecular weight excluding hydrogens is 320 g/mol. The Hall–Kier alpha value is -2.29. The number of tetrazole rings is 1. The van der Waals surface area contributed by atoms with Crippen LogP contribution in [0, 0.1) is 5.92 Å². The summed E-state index contributed by atoms with van der Waals surface area (Å²) < 4.78 is 3.47. The molecule has 2 heterocycles. The van der Waals surface area contributed by atoms with Crippen LogP contribution in [0.4, 0.5) is 0 Å². The molecule has 9 heteroatoms. The van der Waals surface area contributed by atoms with Crippen molar-refractivity contribution in [2.45, 2.75) is 52.9 Å². The maximum atomic E-state index is 12.5. The lowest BCUT2D eigenvalue weighted by Gasteiger charge is -2.22. The zero-order valence-corrected chi connectivity index (χ0v) is 15.8. The molecule has 1 atom stereocenters. The predicted octanol–water partition coefficient (Wildman–Crippen LogP) is 0.760. The highest BCUT2D eigenvalue weighted by Crippen LogP contribution is 2.19. The van der Waals surface area contributed by atoms with Gasteiger partial charge in [0.25, 0.3) is 0 Å². The topological polar surface area (TPSA) is 93.8 Å². The number of hydrogen-bond donors (Lipinski definition) is 1. The third-order valence-corrected chi connectivity index (χ3v) is 4.29.